The predicted molar refractivity (Wildman–Crippen MR) is 115 cm³/mol. The van der Waals surface area contributed by atoms with E-state index in [1.165, 1.54) is 20.3 Å². The van der Waals surface area contributed by atoms with Crippen LogP contribution in [-0.2, 0) is 19.6 Å². The molecule has 0 fully saturated rings. The number of methoxy groups -OCH3 is 2. The molecule has 1 unspecified atom stereocenters. The number of nitriles is 1. The Hall–Kier alpha value is -3.86. The third kappa shape index (κ3) is 5.32. The number of hydrogen-bond donors (Lipinski definition) is 1. The van der Waals surface area contributed by atoms with Crippen molar-refractivity contribution in [3.63, 3.8) is 0 Å². The Morgan fingerprint density at radius 3 is 2.52 bits per heavy atom. The SMILES string of the molecule is COCCOc1cc(OC)c(S(=O)(=O)O)cc1N=NC1C(=O)N(c2ccccc2)N=C1C#N. The number of ether oxygens (including phenoxy) is 3. The smallest absolute Gasteiger partial charge is 0.298 e. The molecule has 0 saturated heterocycles. The molecule has 2 aromatic rings. The fourth-order valence-electron chi connectivity index (χ4n) is 2.83. The number of anilines is 1. The number of hydrogen-bond acceptors (Lipinski definition) is 10. The van der Waals surface area contributed by atoms with Crippen LogP contribution in [0.5, 0.6) is 11.5 Å². The van der Waals surface area contributed by atoms with Crippen molar-refractivity contribution in [2.45, 2.75) is 10.9 Å². The zero-order valence-electron chi connectivity index (χ0n) is 17.6. The summed E-state index contributed by atoms with van der Waals surface area (Å²) >= 11 is 0. The molecule has 2 aromatic carbocycles. The van der Waals surface area contributed by atoms with Crippen molar-refractivity contribution in [3.8, 4) is 17.6 Å². The summed E-state index contributed by atoms with van der Waals surface area (Å²) in [7, 11) is -1.99. The molecule has 0 spiro atoms. The van der Waals surface area contributed by atoms with Crippen LogP contribution in [0.15, 0.2) is 62.7 Å². The molecule has 1 aliphatic heterocycles. The second-order valence-corrected chi connectivity index (χ2v) is 7.88. The second-order valence-electron chi connectivity index (χ2n) is 6.49. The Balaban J connectivity index is 2.00. The van der Waals surface area contributed by atoms with Crippen molar-refractivity contribution in [1.82, 2.24) is 0 Å². The van der Waals surface area contributed by atoms with Crippen LogP contribution in [0.1, 0.15) is 0 Å². The lowest BCUT2D eigenvalue weighted by Gasteiger charge is -2.13. The maximum atomic E-state index is 12.8. The van der Waals surface area contributed by atoms with Crippen LogP contribution in [0.2, 0.25) is 0 Å². The summed E-state index contributed by atoms with van der Waals surface area (Å²) < 4.78 is 48.6. The van der Waals surface area contributed by atoms with Crippen LogP contribution in [0, 0.1) is 11.3 Å². The monoisotopic (exact) mass is 473 g/mol. The highest BCUT2D eigenvalue weighted by molar-refractivity contribution is 7.86. The van der Waals surface area contributed by atoms with Crippen LogP contribution < -0.4 is 14.5 Å². The number of carbonyl (C=O) groups is 1. The molecule has 1 atom stereocenters. The lowest BCUT2D eigenvalue weighted by atomic mass is 10.2. The maximum Gasteiger partial charge on any atom is 0.298 e. The molecule has 0 saturated carbocycles. The normalized spacial score (nSPS) is 16.1. The number of rotatable bonds is 9. The van der Waals surface area contributed by atoms with Gasteiger partial charge in [-0.1, -0.05) is 18.2 Å². The fraction of sp³-hybridized carbons (Fsp3) is 0.250. The molecule has 0 radical (unpaired) electrons. The number of nitrogens with zero attached hydrogens (tertiary/aromatic N) is 5. The van der Waals surface area contributed by atoms with Crippen molar-refractivity contribution in [2.75, 3.05) is 32.4 Å². The molecule has 0 aromatic heterocycles. The van der Waals surface area contributed by atoms with E-state index in [0.717, 1.165) is 11.1 Å². The van der Waals surface area contributed by atoms with E-state index in [0.29, 0.717) is 5.69 Å². The van der Waals surface area contributed by atoms with Gasteiger partial charge in [0.15, 0.2) is 11.5 Å². The van der Waals surface area contributed by atoms with Crippen LogP contribution in [0.4, 0.5) is 11.4 Å². The van der Waals surface area contributed by atoms with Gasteiger partial charge < -0.3 is 14.2 Å². The summed E-state index contributed by atoms with van der Waals surface area (Å²) in [6.07, 6.45) is 0. The number of azo groups is 1. The molecule has 1 N–H and O–H groups in total. The van der Waals surface area contributed by atoms with Crippen molar-refractivity contribution >= 4 is 33.1 Å². The Morgan fingerprint density at radius 2 is 1.91 bits per heavy atom. The highest BCUT2D eigenvalue weighted by Crippen LogP contribution is 2.38. The highest BCUT2D eigenvalue weighted by atomic mass is 32.2. The first-order chi connectivity index (χ1) is 15.8. The Labute approximate surface area is 189 Å². The number of amides is 1. The molecule has 33 heavy (non-hydrogen) atoms. The molecule has 3 rings (SSSR count). The molecule has 13 heteroatoms. The minimum atomic E-state index is -4.68. The van der Waals surface area contributed by atoms with Crippen molar-refractivity contribution < 1.29 is 32.0 Å². The summed E-state index contributed by atoms with van der Waals surface area (Å²) in [6, 6.07) is 11.1. The molecular weight excluding hydrogens is 454 g/mol. The maximum absolute atomic E-state index is 12.8. The van der Waals surface area contributed by atoms with Crippen LogP contribution in [0.3, 0.4) is 0 Å². The molecule has 0 aliphatic carbocycles. The molecule has 1 amide bonds. The van der Waals surface area contributed by atoms with E-state index in [1.807, 2.05) is 6.07 Å². The lowest BCUT2D eigenvalue weighted by Crippen LogP contribution is -2.30. The number of para-hydroxylation sites is 1. The van der Waals surface area contributed by atoms with E-state index in [-0.39, 0.29) is 36.1 Å². The van der Waals surface area contributed by atoms with Crippen molar-refractivity contribution in [1.29, 1.82) is 5.26 Å². The number of carbonyl (C=O) groups excluding carboxylic acids is 1. The highest BCUT2D eigenvalue weighted by Gasteiger charge is 2.37. The van der Waals surface area contributed by atoms with Gasteiger partial charge in [-0.15, -0.1) is 0 Å². The van der Waals surface area contributed by atoms with E-state index in [2.05, 4.69) is 15.3 Å². The van der Waals surface area contributed by atoms with Crippen LogP contribution in [0.25, 0.3) is 0 Å². The van der Waals surface area contributed by atoms with E-state index in [9.17, 15) is 23.0 Å². The first-order valence-electron chi connectivity index (χ1n) is 9.40. The Kier molecular flexibility index (Phi) is 7.34. The lowest BCUT2D eigenvalue weighted by molar-refractivity contribution is -0.117. The summed E-state index contributed by atoms with van der Waals surface area (Å²) in [5.41, 5.74) is 0.121. The Bertz CT molecular complexity index is 1240. The molecule has 172 valence electrons. The quantitative estimate of drug-likeness (QED) is 0.329. The predicted octanol–water partition coefficient (Wildman–Crippen LogP) is 2.35. The van der Waals surface area contributed by atoms with Gasteiger partial charge in [0.2, 0.25) is 6.04 Å². The summed E-state index contributed by atoms with van der Waals surface area (Å²) in [5, 5.41) is 22.3. The summed E-state index contributed by atoms with van der Waals surface area (Å²) in [4.78, 5) is 12.2. The zero-order chi connectivity index (χ0) is 24.0. The van der Waals surface area contributed by atoms with Gasteiger partial charge in [-0.2, -0.15) is 34.0 Å². The molecule has 1 aliphatic rings. The van der Waals surface area contributed by atoms with Gasteiger partial charge in [-0.05, 0) is 18.2 Å². The largest absolute Gasteiger partial charge is 0.495 e. The first-order valence-corrected chi connectivity index (χ1v) is 10.8. The van der Waals surface area contributed by atoms with Gasteiger partial charge in [0.05, 0.1) is 19.4 Å². The fourth-order valence-corrected chi connectivity index (χ4v) is 3.48. The summed E-state index contributed by atoms with van der Waals surface area (Å²) in [5.74, 6) is -0.747. The molecular formula is C20H19N5O7S. The number of benzene rings is 2. The topological polar surface area (TPSA) is 163 Å². The average Bonchev–Trinajstić information content (AvgIpc) is 3.13. The Morgan fingerprint density at radius 1 is 1.18 bits per heavy atom. The van der Waals surface area contributed by atoms with Crippen molar-refractivity contribution in [2.24, 2.45) is 15.3 Å². The van der Waals surface area contributed by atoms with Crippen LogP contribution >= 0.6 is 0 Å². The van der Waals surface area contributed by atoms with E-state index in [4.69, 9.17) is 14.2 Å². The number of hydrazone groups is 1. The molecule has 0 bridgehead atoms. The van der Waals surface area contributed by atoms with Gasteiger partial charge in [0, 0.05) is 13.2 Å². The standard InChI is InChI=1S/C20H19N5O7S/c1-30-8-9-32-16-11-17(31-2)18(33(27,28)29)10-14(16)22-23-19-15(12-21)24-25(20(19)26)13-6-4-3-5-7-13/h3-7,10-11,19H,8-9H2,1-2H3,(H,27,28,29). The van der Waals surface area contributed by atoms with Crippen LogP contribution in [-0.4, -0.2) is 58.1 Å². The third-order valence-corrected chi connectivity index (χ3v) is 5.25. The zero-order valence-corrected chi connectivity index (χ0v) is 18.4. The van der Waals surface area contributed by atoms with Gasteiger partial charge in [0.25, 0.3) is 16.0 Å². The molecule has 12 nitrogen and oxygen atoms in total. The van der Waals surface area contributed by atoms with E-state index >= 15 is 0 Å². The second kappa shape index (κ2) is 10.2. The van der Waals surface area contributed by atoms with E-state index < -0.39 is 27.0 Å². The van der Waals surface area contributed by atoms with Gasteiger partial charge >= 0.3 is 0 Å². The minimum Gasteiger partial charge on any atom is -0.495 e. The minimum absolute atomic E-state index is 0.0563. The van der Waals surface area contributed by atoms with Crippen molar-refractivity contribution in [3.05, 3.63) is 42.5 Å². The van der Waals surface area contributed by atoms with E-state index in [1.54, 1.807) is 30.3 Å². The average molecular weight is 473 g/mol. The third-order valence-electron chi connectivity index (χ3n) is 4.37. The first kappa shape index (κ1) is 23.8. The van der Waals surface area contributed by atoms with Gasteiger partial charge in [-0.3, -0.25) is 9.35 Å². The van der Waals surface area contributed by atoms with Gasteiger partial charge in [-0.25, -0.2) is 0 Å². The van der Waals surface area contributed by atoms with Gasteiger partial charge in [0.1, 0.15) is 29.0 Å². The summed E-state index contributed by atoms with van der Waals surface area (Å²) in [6.45, 7) is 0.305. The molecule has 1 heterocycles.